The molecule has 0 bridgehead atoms. The molecule has 0 aliphatic rings. The predicted octanol–water partition coefficient (Wildman–Crippen LogP) is 3.23. The molecule has 0 saturated carbocycles. The fourth-order valence-corrected chi connectivity index (χ4v) is 2.48. The number of hydrogen-bond acceptors (Lipinski definition) is 4. The SMILES string of the molecule is COC(=O)c1[nH]c2cc(OCc3ccccc3)ccc2c1C(=O)O. The second-order valence-electron chi connectivity index (χ2n) is 5.15. The van der Waals surface area contributed by atoms with Crippen LogP contribution in [-0.4, -0.2) is 29.1 Å². The molecule has 0 atom stereocenters. The summed E-state index contributed by atoms with van der Waals surface area (Å²) in [6.07, 6.45) is 0. The molecule has 6 nitrogen and oxygen atoms in total. The lowest BCUT2D eigenvalue weighted by Crippen LogP contribution is -2.08. The second kappa shape index (κ2) is 6.45. The molecule has 0 aliphatic heterocycles. The van der Waals surface area contributed by atoms with Crippen LogP contribution in [0.4, 0.5) is 0 Å². The molecule has 0 amide bonds. The van der Waals surface area contributed by atoms with Crippen LogP contribution < -0.4 is 4.74 Å². The predicted molar refractivity (Wildman–Crippen MR) is 87.4 cm³/mol. The molecular formula is C18H15NO5. The van der Waals surface area contributed by atoms with Gasteiger partial charge in [0.25, 0.3) is 0 Å². The molecule has 3 aromatic rings. The van der Waals surface area contributed by atoms with E-state index in [0.717, 1.165) is 5.56 Å². The highest BCUT2D eigenvalue weighted by Crippen LogP contribution is 2.27. The molecule has 122 valence electrons. The fourth-order valence-electron chi connectivity index (χ4n) is 2.48. The van der Waals surface area contributed by atoms with Gasteiger partial charge >= 0.3 is 11.9 Å². The van der Waals surface area contributed by atoms with Crippen molar-refractivity contribution in [3.8, 4) is 5.75 Å². The number of carboxylic acid groups (broad SMARTS) is 1. The van der Waals surface area contributed by atoms with Crippen molar-refractivity contribution in [1.29, 1.82) is 0 Å². The number of rotatable bonds is 5. The molecule has 0 radical (unpaired) electrons. The van der Waals surface area contributed by atoms with E-state index in [-0.39, 0.29) is 11.3 Å². The third-order valence-corrected chi connectivity index (χ3v) is 3.62. The minimum atomic E-state index is -1.19. The average Bonchev–Trinajstić information content (AvgIpc) is 2.99. The van der Waals surface area contributed by atoms with Crippen LogP contribution >= 0.6 is 0 Å². The van der Waals surface area contributed by atoms with Crippen molar-refractivity contribution in [3.05, 3.63) is 65.4 Å². The Kier molecular flexibility index (Phi) is 4.20. The van der Waals surface area contributed by atoms with Gasteiger partial charge in [-0.3, -0.25) is 0 Å². The number of aromatic amines is 1. The van der Waals surface area contributed by atoms with Crippen LogP contribution in [0.15, 0.2) is 48.5 Å². The van der Waals surface area contributed by atoms with Gasteiger partial charge in [-0.2, -0.15) is 0 Å². The van der Waals surface area contributed by atoms with E-state index in [4.69, 9.17) is 4.74 Å². The Morgan fingerprint density at radius 3 is 2.54 bits per heavy atom. The van der Waals surface area contributed by atoms with E-state index in [1.54, 1.807) is 18.2 Å². The van der Waals surface area contributed by atoms with Gasteiger partial charge < -0.3 is 19.6 Å². The topological polar surface area (TPSA) is 88.6 Å². The summed E-state index contributed by atoms with van der Waals surface area (Å²) in [5.41, 5.74) is 1.33. The van der Waals surface area contributed by atoms with E-state index in [2.05, 4.69) is 9.72 Å². The summed E-state index contributed by atoms with van der Waals surface area (Å²) in [7, 11) is 1.20. The summed E-state index contributed by atoms with van der Waals surface area (Å²) in [6.45, 7) is 0.392. The molecule has 0 fully saturated rings. The van der Waals surface area contributed by atoms with Gasteiger partial charge in [0.1, 0.15) is 18.1 Å². The van der Waals surface area contributed by atoms with E-state index in [1.165, 1.54) is 7.11 Å². The van der Waals surface area contributed by atoms with Crippen molar-refractivity contribution in [1.82, 2.24) is 4.98 Å². The summed E-state index contributed by atoms with van der Waals surface area (Å²) in [6, 6.07) is 14.6. The summed E-state index contributed by atoms with van der Waals surface area (Å²) in [5, 5.41) is 9.79. The number of fused-ring (bicyclic) bond motifs is 1. The van der Waals surface area contributed by atoms with E-state index in [1.807, 2.05) is 30.3 Å². The lowest BCUT2D eigenvalue weighted by molar-refractivity contribution is 0.0578. The maximum Gasteiger partial charge on any atom is 0.355 e. The number of ether oxygens (including phenoxy) is 2. The van der Waals surface area contributed by atoms with Crippen LogP contribution in [-0.2, 0) is 11.3 Å². The highest BCUT2D eigenvalue weighted by molar-refractivity contribution is 6.12. The first-order chi connectivity index (χ1) is 11.6. The molecule has 0 aliphatic carbocycles. The zero-order valence-electron chi connectivity index (χ0n) is 12.9. The Labute approximate surface area is 137 Å². The average molecular weight is 325 g/mol. The zero-order chi connectivity index (χ0) is 17.1. The van der Waals surface area contributed by atoms with Gasteiger partial charge in [-0.05, 0) is 17.7 Å². The first-order valence-corrected chi connectivity index (χ1v) is 7.24. The van der Waals surface area contributed by atoms with Gasteiger partial charge in [-0.1, -0.05) is 30.3 Å². The number of aromatic nitrogens is 1. The molecule has 1 heterocycles. The highest BCUT2D eigenvalue weighted by atomic mass is 16.5. The number of aromatic carboxylic acids is 1. The summed E-state index contributed by atoms with van der Waals surface area (Å²) >= 11 is 0. The van der Waals surface area contributed by atoms with E-state index in [0.29, 0.717) is 23.3 Å². The minimum absolute atomic E-state index is 0.0831. The van der Waals surface area contributed by atoms with Crippen LogP contribution in [0.1, 0.15) is 26.4 Å². The molecule has 24 heavy (non-hydrogen) atoms. The normalized spacial score (nSPS) is 10.5. The lowest BCUT2D eigenvalue weighted by atomic mass is 10.1. The van der Waals surface area contributed by atoms with Gasteiger partial charge in [-0.25, -0.2) is 9.59 Å². The molecule has 6 heteroatoms. The first kappa shape index (κ1) is 15.6. The number of carbonyl (C=O) groups excluding carboxylic acids is 1. The molecule has 0 saturated heterocycles. The van der Waals surface area contributed by atoms with Gasteiger partial charge in [0, 0.05) is 11.5 Å². The molecule has 3 rings (SSSR count). The number of carboxylic acids is 1. The number of methoxy groups -OCH3 is 1. The van der Waals surface area contributed by atoms with Gasteiger partial charge in [0.15, 0.2) is 0 Å². The van der Waals surface area contributed by atoms with Crippen LogP contribution in [0.25, 0.3) is 10.9 Å². The second-order valence-corrected chi connectivity index (χ2v) is 5.15. The van der Waals surface area contributed by atoms with Crippen molar-refractivity contribution in [2.45, 2.75) is 6.61 Å². The van der Waals surface area contributed by atoms with Crippen LogP contribution in [0, 0.1) is 0 Å². The summed E-state index contributed by atoms with van der Waals surface area (Å²) in [4.78, 5) is 26.0. The van der Waals surface area contributed by atoms with Crippen molar-refractivity contribution in [2.75, 3.05) is 7.11 Å². The number of carbonyl (C=O) groups is 2. The summed E-state index contributed by atoms with van der Waals surface area (Å²) in [5.74, 6) is -1.35. The van der Waals surface area contributed by atoms with Crippen molar-refractivity contribution in [2.24, 2.45) is 0 Å². The molecule has 0 unspecified atom stereocenters. The molecule has 2 aromatic carbocycles. The third kappa shape index (κ3) is 2.94. The van der Waals surface area contributed by atoms with Crippen molar-refractivity contribution < 1.29 is 24.2 Å². The monoisotopic (exact) mass is 325 g/mol. The minimum Gasteiger partial charge on any atom is -0.489 e. The van der Waals surface area contributed by atoms with Crippen molar-refractivity contribution in [3.63, 3.8) is 0 Å². The van der Waals surface area contributed by atoms with E-state index in [9.17, 15) is 14.7 Å². The Hall–Kier alpha value is -3.28. The van der Waals surface area contributed by atoms with Gasteiger partial charge in [0.2, 0.25) is 0 Å². The molecule has 0 spiro atoms. The fraction of sp³-hybridized carbons (Fsp3) is 0.111. The number of nitrogens with one attached hydrogen (secondary N) is 1. The number of H-pyrrole nitrogens is 1. The van der Waals surface area contributed by atoms with Gasteiger partial charge in [-0.15, -0.1) is 0 Å². The Morgan fingerprint density at radius 2 is 1.88 bits per heavy atom. The number of hydrogen-bond donors (Lipinski definition) is 2. The van der Waals surface area contributed by atoms with Crippen molar-refractivity contribution >= 4 is 22.8 Å². The molecular weight excluding hydrogens is 310 g/mol. The highest BCUT2D eigenvalue weighted by Gasteiger charge is 2.23. The first-order valence-electron chi connectivity index (χ1n) is 7.24. The Bertz CT molecular complexity index is 898. The van der Waals surface area contributed by atoms with Crippen LogP contribution in [0.5, 0.6) is 5.75 Å². The van der Waals surface area contributed by atoms with Crippen LogP contribution in [0.2, 0.25) is 0 Å². The Balaban J connectivity index is 1.93. The maximum atomic E-state index is 11.8. The quantitative estimate of drug-likeness (QED) is 0.703. The van der Waals surface area contributed by atoms with Gasteiger partial charge in [0.05, 0.1) is 18.2 Å². The number of benzene rings is 2. The third-order valence-electron chi connectivity index (χ3n) is 3.62. The van der Waals surface area contributed by atoms with E-state index >= 15 is 0 Å². The summed E-state index contributed by atoms with van der Waals surface area (Å²) < 4.78 is 10.3. The standard InChI is InChI=1S/C18H15NO5/c1-23-18(22)16-15(17(20)21)13-8-7-12(9-14(13)19-16)24-10-11-5-3-2-4-6-11/h2-9,19H,10H2,1H3,(H,20,21). The maximum absolute atomic E-state index is 11.8. The smallest absolute Gasteiger partial charge is 0.355 e. The zero-order valence-corrected chi connectivity index (χ0v) is 12.9. The largest absolute Gasteiger partial charge is 0.489 e. The Morgan fingerprint density at radius 1 is 1.12 bits per heavy atom. The van der Waals surface area contributed by atoms with Crippen LogP contribution in [0.3, 0.4) is 0 Å². The molecule has 2 N–H and O–H groups in total. The number of esters is 1. The lowest BCUT2D eigenvalue weighted by Gasteiger charge is -2.06. The van der Waals surface area contributed by atoms with E-state index < -0.39 is 11.9 Å². The molecule has 1 aromatic heterocycles.